The third-order valence-electron chi connectivity index (χ3n) is 5.45. The van der Waals surface area contributed by atoms with Gasteiger partial charge in [-0.05, 0) is 30.3 Å². The van der Waals surface area contributed by atoms with Crippen molar-refractivity contribution in [2.45, 2.75) is 18.6 Å². The highest BCUT2D eigenvalue weighted by Crippen LogP contribution is 2.34. The van der Waals surface area contributed by atoms with Crippen LogP contribution in [0.1, 0.15) is 11.3 Å². The number of fused-ring (bicyclic) bond motifs is 1. The number of aromatic nitrogens is 3. The summed E-state index contributed by atoms with van der Waals surface area (Å²) >= 11 is 7.95. The number of anilines is 2. The third kappa shape index (κ3) is 6.09. The summed E-state index contributed by atoms with van der Waals surface area (Å²) in [5, 5.41) is 7.05. The number of nitrogens with one attached hydrogen (secondary N) is 2. The maximum Gasteiger partial charge on any atom is 0.409 e. The average Bonchev–Trinajstić information content (AvgIpc) is 3.52. The Morgan fingerprint density at radius 3 is 2.89 bits per heavy atom. The number of halogens is 1. The van der Waals surface area contributed by atoms with Crippen LogP contribution in [-0.4, -0.2) is 58.7 Å². The lowest BCUT2D eigenvalue weighted by Crippen LogP contribution is -2.29. The van der Waals surface area contributed by atoms with Crippen LogP contribution in [0.2, 0.25) is 5.02 Å². The van der Waals surface area contributed by atoms with E-state index in [2.05, 4.69) is 37.4 Å². The molecule has 1 amide bonds. The van der Waals surface area contributed by atoms with Crippen molar-refractivity contribution in [2.24, 2.45) is 0 Å². The molecule has 0 radical (unpaired) electrons. The summed E-state index contributed by atoms with van der Waals surface area (Å²) in [4.78, 5) is 27.0. The average molecular weight is 535 g/mol. The second-order valence-corrected chi connectivity index (χ2v) is 9.91. The van der Waals surface area contributed by atoms with E-state index >= 15 is 0 Å². The molecule has 5 rings (SSSR count). The van der Waals surface area contributed by atoms with E-state index in [1.54, 1.807) is 38.5 Å². The molecule has 2 N–H and O–H groups in total. The van der Waals surface area contributed by atoms with Crippen LogP contribution < -0.4 is 15.4 Å². The Hall–Kier alpha value is -3.91. The molecule has 9 nitrogen and oxygen atoms in total. The number of benzene rings is 1. The zero-order valence-corrected chi connectivity index (χ0v) is 21.6. The number of nitrogens with zero attached hydrogens (tertiary/aromatic N) is 4. The number of hydrogen-bond acceptors (Lipinski definition) is 9. The summed E-state index contributed by atoms with van der Waals surface area (Å²) in [7, 11) is 3.33. The lowest BCUT2D eigenvalue weighted by molar-refractivity contribution is 0.0826. The number of rotatable bonds is 5. The predicted molar refractivity (Wildman–Crippen MR) is 144 cm³/mol. The van der Waals surface area contributed by atoms with Crippen molar-refractivity contribution in [1.82, 2.24) is 25.2 Å². The van der Waals surface area contributed by atoms with Gasteiger partial charge in [0.2, 0.25) is 5.88 Å². The minimum absolute atomic E-state index is 0.0529. The van der Waals surface area contributed by atoms with Gasteiger partial charge in [-0.25, -0.2) is 19.7 Å². The second-order valence-electron chi connectivity index (χ2n) is 8.45. The van der Waals surface area contributed by atoms with Gasteiger partial charge in [0.15, 0.2) is 5.82 Å². The minimum Gasteiger partial charge on any atom is -0.445 e. The highest BCUT2D eigenvalue weighted by Gasteiger charge is 2.26. The molecule has 0 saturated carbocycles. The molecular formula is C26H23ClN6O3S. The van der Waals surface area contributed by atoms with Crippen molar-refractivity contribution in [3.05, 3.63) is 64.9 Å². The lowest BCUT2D eigenvalue weighted by atomic mass is 10.2. The molecule has 188 valence electrons. The first-order valence-corrected chi connectivity index (χ1v) is 12.7. The van der Waals surface area contributed by atoms with E-state index in [1.807, 2.05) is 24.3 Å². The van der Waals surface area contributed by atoms with E-state index in [0.29, 0.717) is 35.4 Å². The summed E-state index contributed by atoms with van der Waals surface area (Å²) < 4.78 is 12.1. The Morgan fingerprint density at radius 1 is 1.22 bits per heavy atom. The molecule has 1 aliphatic rings. The highest BCUT2D eigenvalue weighted by atomic mass is 35.5. The first-order valence-electron chi connectivity index (χ1n) is 11.5. The monoisotopic (exact) mass is 534 g/mol. The molecule has 1 aromatic carbocycles. The third-order valence-corrected chi connectivity index (χ3v) is 6.79. The lowest BCUT2D eigenvalue weighted by Gasteiger charge is -2.15. The first kappa shape index (κ1) is 24.8. The summed E-state index contributed by atoms with van der Waals surface area (Å²) in [6, 6.07) is 12.7. The second kappa shape index (κ2) is 11.0. The van der Waals surface area contributed by atoms with Crippen molar-refractivity contribution in [3.63, 3.8) is 0 Å². The molecule has 37 heavy (non-hydrogen) atoms. The van der Waals surface area contributed by atoms with Gasteiger partial charge < -0.3 is 19.7 Å². The fourth-order valence-electron chi connectivity index (χ4n) is 3.63. The normalized spacial score (nSPS) is 16.6. The van der Waals surface area contributed by atoms with Crippen LogP contribution in [0.5, 0.6) is 11.6 Å². The Bertz CT molecular complexity index is 1480. The van der Waals surface area contributed by atoms with Gasteiger partial charge in [0, 0.05) is 45.0 Å². The summed E-state index contributed by atoms with van der Waals surface area (Å²) in [5.41, 5.74) is 1.55. The predicted octanol–water partition coefficient (Wildman–Crippen LogP) is 5.06. The molecule has 11 heteroatoms. The molecule has 0 aliphatic carbocycles. The van der Waals surface area contributed by atoms with E-state index < -0.39 is 0 Å². The molecule has 0 unspecified atom stereocenters. The number of hydrogen-bond donors (Lipinski definition) is 2. The fraction of sp³-hybridized carbons (Fsp3) is 0.231. The van der Waals surface area contributed by atoms with Crippen LogP contribution >= 0.6 is 22.9 Å². The molecular weight excluding hydrogens is 512 g/mol. The molecule has 4 aromatic rings. The Morgan fingerprint density at radius 2 is 2.11 bits per heavy atom. The molecule has 3 aromatic heterocycles. The Labute approximate surface area is 222 Å². The molecule has 1 saturated heterocycles. The van der Waals surface area contributed by atoms with Crippen LogP contribution in [0.25, 0.3) is 10.2 Å². The van der Waals surface area contributed by atoms with Gasteiger partial charge in [-0.1, -0.05) is 29.5 Å². The highest BCUT2D eigenvalue weighted by molar-refractivity contribution is 7.20. The minimum atomic E-state index is -0.347. The molecule has 1 aliphatic heterocycles. The van der Waals surface area contributed by atoms with E-state index in [1.165, 1.54) is 22.6 Å². The smallest absolute Gasteiger partial charge is 0.409 e. The largest absolute Gasteiger partial charge is 0.445 e. The zero-order valence-electron chi connectivity index (χ0n) is 20.1. The van der Waals surface area contributed by atoms with Gasteiger partial charge in [-0.15, -0.1) is 11.3 Å². The van der Waals surface area contributed by atoms with Crippen molar-refractivity contribution in [3.8, 4) is 23.5 Å². The van der Waals surface area contributed by atoms with Crippen molar-refractivity contribution in [2.75, 3.05) is 26.0 Å². The van der Waals surface area contributed by atoms with Crippen LogP contribution in [0.15, 0.2) is 55.0 Å². The van der Waals surface area contributed by atoms with Gasteiger partial charge in [0.05, 0.1) is 26.2 Å². The molecule has 1 fully saturated rings. The van der Waals surface area contributed by atoms with Crippen molar-refractivity contribution < 1.29 is 14.3 Å². The quantitative estimate of drug-likeness (QED) is 0.343. The molecule has 0 spiro atoms. The fourth-order valence-corrected chi connectivity index (χ4v) is 4.77. The van der Waals surface area contributed by atoms with Crippen LogP contribution in [-0.2, 0) is 4.74 Å². The SMILES string of the molecule is CN(C)C(=O)O[C@@H]1CN[C@H](C#Cc2cc3ncnc(Nc4ccc(Oc5ccccn5)c(Cl)c4)c3s2)C1. The molecule has 0 bridgehead atoms. The van der Waals surface area contributed by atoms with E-state index in [4.69, 9.17) is 21.1 Å². The van der Waals surface area contributed by atoms with Gasteiger partial charge in [-0.2, -0.15) is 0 Å². The number of carbonyl (C=O) groups is 1. The van der Waals surface area contributed by atoms with E-state index in [-0.39, 0.29) is 18.2 Å². The maximum atomic E-state index is 11.8. The van der Waals surface area contributed by atoms with Gasteiger partial charge in [-0.3, -0.25) is 5.32 Å². The van der Waals surface area contributed by atoms with E-state index in [0.717, 1.165) is 20.8 Å². The molecule has 4 heterocycles. The maximum absolute atomic E-state index is 11.8. The topological polar surface area (TPSA) is 102 Å². The summed E-state index contributed by atoms with van der Waals surface area (Å²) in [6.45, 7) is 0.582. The zero-order chi connectivity index (χ0) is 25.8. The van der Waals surface area contributed by atoms with Crippen LogP contribution in [0.3, 0.4) is 0 Å². The number of carbonyl (C=O) groups excluding carboxylic acids is 1. The van der Waals surface area contributed by atoms with Crippen LogP contribution in [0, 0.1) is 11.8 Å². The summed E-state index contributed by atoms with van der Waals surface area (Å²) in [5.74, 6) is 8.08. The number of thiophene rings is 1. The summed E-state index contributed by atoms with van der Waals surface area (Å²) in [6.07, 6.45) is 3.27. The molecule has 2 atom stereocenters. The van der Waals surface area contributed by atoms with E-state index in [9.17, 15) is 4.79 Å². The number of ether oxygens (including phenoxy) is 2. The standard InChI is InChI=1S/C26H23ClN6O3S/c1-33(2)26(34)35-18-11-16(29-14-18)6-8-19-13-21-24(37-19)25(31-15-30-21)32-17-7-9-22(20(27)12-17)36-23-5-3-4-10-28-23/h3-5,7,9-10,12-13,15-16,18,29H,11,14H2,1-2H3,(H,30,31,32)/t16-,18+/m1/s1. The van der Waals surface area contributed by atoms with Gasteiger partial charge in [0.25, 0.3) is 0 Å². The van der Waals surface area contributed by atoms with Crippen molar-refractivity contribution >= 4 is 50.8 Å². The first-order chi connectivity index (χ1) is 17.9. The van der Waals surface area contributed by atoms with Gasteiger partial charge in [0.1, 0.15) is 18.2 Å². The number of amides is 1. The Balaban J connectivity index is 1.27. The number of pyridine rings is 1. The van der Waals surface area contributed by atoms with Crippen LogP contribution in [0.4, 0.5) is 16.3 Å². The van der Waals surface area contributed by atoms with Crippen molar-refractivity contribution in [1.29, 1.82) is 0 Å². The van der Waals surface area contributed by atoms with Gasteiger partial charge >= 0.3 is 6.09 Å². The Kier molecular flexibility index (Phi) is 7.37.